The molecule has 8 heteroatoms. The van der Waals surface area contributed by atoms with Gasteiger partial charge in [-0.2, -0.15) is 4.98 Å². The highest BCUT2D eigenvalue weighted by Crippen LogP contribution is 2.38. The average molecular weight is 415 g/mol. The summed E-state index contributed by atoms with van der Waals surface area (Å²) in [6, 6.07) is 21.4. The van der Waals surface area contributed by atoms with E-state index in [1.165, 1.54) is 6.26 Å². The van der Waals surface area contributed by atoms with E-state index in [0.717, 1.165) is 23.3 Å². The van der Waals surface area contributed by atoms with Crippen molar-refractivity contribution in [2.45, 2.75) is 18.5 Å². The van der Waals surface area contributed by atoms with Gasteiger partial charge in [-0.25, -0.2) is 4.68 Å². The van der Waals surface area contributed by atoms with E-state index in [-0.39, 0.29) is 23.8 Å². The van der Waals surface area contributed by atoms with Crippen LogP contribution in [0.1, 0.15) is 40.2 Å². The fourth-order valence-electron chi connectivity index (χ4n) is 3.81. The number of carbonyl (C=O) groups is 1. The van der Waals surface area contributed by atoms with Crippen LogP contribution in [0, 0.1) is 0 Å². The second kappa shape index (κ2) is 7.98. The van der Waals surface area contributed by atoms with Crippen LogP contribution >= 0.6 is 0 Å². The second-order valence-corrected chi connectivity index (χ2v) is 7.27. The van der Waals surface area contributed by atoms with Gasteiger partial charge in [0.15, 0.2) is 5.76 Å². The fourth-order valence-corrected chi connectivity index (χ4v) is 3.81. The van der Waals surface area contributed by atoms with Gasteiger partial charge < -0.3 is 14.5 Å². The number of aromatic nitrogens is 3. The lowest BCUT2D eigenvalue weighted by atomic mass is 9.93. The summed E-state index contributed by atoms with van der Waals surface area (Å²) in [6.45, 7) is 0. The maximum Gasteiger partial charge on any atom is 0.293 e. The smallest absolute Gasteiger partial charge is 0.293 e. The molecule has 8 nitrogen and oxygen atoms in total. The molecule has 0 spiro atoms. The normalized spacial score (nSPS) is 17.5. The Balaban J connectivity index is 1.49. The molecule has 0 saturated carbocycles. The summed E-state index contributed by atoms with van der Waals surface area (Å²) in [7, 11) is 1.65. The Morgan fingerprint density at radius 2 is 1.90 bits per heavy atom. The molecule has 1 aliphatic rings. The summed E-state index contributed by atoms with van der Waals surface area (Å²) in [6.07, 6.45) is 2.23. The van der Waals surface area contributed by atoms with Crippen molar-refractivity contribution in [1.29, 1.82) is 0 Å². The number of fused-ring (bicyclic) bond motifs is 1. The molecule has 0 saturated heterocycles. The molecule has 0 aliphatic carbocycles. The van der Waals surface area contributed by atoms with Crippen molar-refractivity contribution in [3.05, 3.63) is 89.9 Å². The van der Waals surface area contributed by atoms with Crippen molar-refractivity contribution in [3.8, 4) is 5.75 Å². The van der Waals surface area contributed by atoms with E-state index < -0.39 is 5.91 Å². The third kappa shape index (κ3) is 3.75. The number of hydrogen-bond donors (Lipinski definition) is 2. The van der Waals surface area contributed by atoms with Crippen LogP contribution in [-0.2, 0) is 0 Å². The Morgan fingerprint density at radius 1 is 1.10 bits per heavy atom. The van der Waals surface area contributed by atoms with Crippen molar-refractivity contribution >= 4 is 17.8 Å². The van der Waals surface area contributed by atoms with Gasteiger partial charge in [-0.1, -0.05) is 42.5 Å². The summed E-state index contributed by atoms with van der Waals surface area (Å²) < 4.78 is 12.3. The van der Waals surface area contributed by atoms with Gasteiger partial charge in [-0.3, -0.25) is 10.1 Å². The van der Waals surface area contributed by atoms with Gasteiger partial charge in [0.1, 0.15) is 5.75 Å². The molecule has 2 aromatic heterocycles. The minimum Gasteiger partial charge on any atom is -0.497 e. The SMILES string of the molecule is COc1ccc([C@@H]2C[C@@H](c3ccccc3)Nc3nc(NC(=O)c4ccco4)nn32)cc1. The molecule has 1 amide bonds. The standard InChI is InChI=1S/C23H21N5O3/c1-30-17-11-9-16(10-12-17)19-14-18(15-6-3-2-4-7-15)24-23-26-22(27-28(19)23)25-21(29)20-8-5-13-31-20/h2-13,18-19H,14H2,1H3,(H2,24,25,26,27,29)/t18-,19-/m0/s1. The van der Waals surface area contributed by atoms with Crippen LogP contribution in [0.15, 0.2) is 77.4 Å². The first kappa shape index (κ1) is 18.9. The van der Waals surface area contributed by atoms with Gasteiger partial charge in [0.2, 0.25) is 5.95 Å². The van der Waals surface area contributed by atoms with Crippen molar-refractivity contribution in [1.82, 2.24) is 14.8 Å². The van der Waals surface area contributed by atoms with Gasteiger partial charge in [0.05, 0.1) is 25.5 Å². The van der Waals surface area contributed by atoms with Crippen molar-refractivity contribution < 1.29 is 13.9 Å². The van der Waals surface area contributed by atoms with Crippen LogP contribution in [0.3, 0.4) is 0 Å². The van der Waals surface area contributed by atoms with Gasteiger partial charge in [-0.15, -0.1) is 5.10 Å². The van der Waals surface area contributed by atoms with E-state index >= 15 is 0 Å². The van der Waals surface area contributed by atoms with E-state index in [1.54, 1.807) is 19.2 Å². The van der Waals surface area contributed by atoms with Crippen molar-refractivity contribution in [2.75, 3.05) is 17.7 Å². The van der Waals surface area contributed by atoms with E-state index in [9.17, 15) is 4.79 Å². The van der Waals surface area contributed by atoms with Crippen LogP contribution in [0.5, 0.6) is 5.75 Å². The molecule has 31 heavy (non-hydrogen) atoms. The lowest BCUT2D eigenvalue weighted by Gasteiger charge is -2.31. The quantitative estimate of drug-likeness (QED) is 0.505. The molecule has 2 atom stereocenters. The first-order valence-corrected chi connectivity index (χ1v) is 9.98. The number of methoxy groups -OCH3 is 1. The van der Waals surface area contributed by atoms with Crippen LogP contribution in [-0.4, -0.2) is 27.8 Å². The van der Waals surface area contributed by atoms with Gasteiger partial charge in [0.25, 0.3) is 11.9 Å². The first-order chi connectivity index (χ1) is 15.2. The average Bonchev–Trinajstić information content (AvgIpc) is 3.49. The summed E-state index contributed by atoms with van der Waals surface area (Å²) in [5.74, 6) is 1.41. The Morgan fingerprint density at radius 3 is 2.61 bits per heavy atom. The molecule has 1 aliphatic heterocycles. The maximum atomic E-state index is 12.4. The maximum absolute atomic E-state index is 12.4. The molecule has 4 aromatic rings. The second-order valence-electron chi connectivity index (χ2n) is 7.27. The summed E-state index contributed by atoms with van der Waals surface area (Å²) in [5, 5.41) is 10.7. The number of hydrogen-bond acceptors (Lipinski definition) is 6. The molecule has 0 radical (unpaired) electrons. The van der Waals surface area contributed by atoms with Crippen LogP contribution in [0.2, 0.25) is 0 Å². The molecular weight excluding hydrogens is 394 g/mol. The van der Waals surface area contributed by atoms with Crippen LogP contribution in [0.25, 0.3) is 0 Å². The number of anilines is 2. The van der Waals surface area contributed by atoms with E-state index in [1.807, 2.05) is 47.1 Å². The Bertz CT molecular complexity index is 1170. The van der Waals surface area contributed by atoms with Crippen LogP contribution in [0.4, 0.5) is 11.9 Å². The summed E-state index contributed by atoms with van der Waals surface area (Å²) in [4.78, 5) is 16.9. The van der Waals surface area contributed by atoms with Gasteiger partial charge in [-0.05, 0) is 41.8 Å². The summed E-state index contributed by atoms with van der Waals surface area (Å²) >= 11 is 0. The number of benzene rings is 2. The Hall–Kier alpha value is -4.07. The topological polar surface area (TPSA) is 94.2 Å². The van der Waals surface area contributed by atoms with Crippen LogP contribution < -0.4 is 15.4 Å². The highest BCUT2D eigenvalue weighted by Gasteiger charge is 2.31. The largest absolute Gasteiger partial charge is 0.497 e. The first-order valence-electron chi connectivity index (χ1n) is 9.98. The zero-order chi connectivity index (χ0) is 21.2. The van der Waals surface area contributed by atoms with Crippen molar-refractivity contribution in [3.63, 3.8) is 0 Å². The third-order valence-electron chi connectivity index (χ3n) is 5.36. The number of amides is 1. The molecular formula is C23H21N5O3. The highest BCUT2D eigenvalue weighted by molar-refractivity contribution is 6.01. The molecule has 2 aromatic carbocycles. The monoisotopic (exact) mass is 415 g/mol. The Kier molecular flexibility index (Phi) is 4.87. The lowest BCUT2D eigenvalue weighted by molar-refractivity contribution is 0.0995. The highest BCUT2D eigenvalue weighted by atomic mass is 16.5. The predicted octanol–water partition coefficient (Wildman–Crippen LogP) is 4.28. The van der Waals surface area contributed by atoms with Gasteiger partial charge >= 0.3 is 0 Å². The number of nitrogens with zero attached hydrogens (tertiary/aromatic N) is 3. The predicted molar refractivity (Wildman–Crippen MR) is 115 cm³/mol. The third-order valence-corrected chi connectivity index (χ3v) is 5.36. The zero-order valence-corrected chi connectivity index (χ0v) is 16.9. The molecule has 0 fully saturated rings. The number of rotatable bonds is 5. The van der Waals surface area contributed by atoms with E-state index in [4.69, 9.17) is 9.15 Å². The molecule has 5 rings (SSSR count). The molecule has 2 N–H and O–H groups in total. The Labute approximate surface area is 178 Å². The fraction of sp³-hybridized carbons (Fsp3) is 0.174. The lowest BCUT2D eigenvalue weighted by Crippen LogP contribution is -2.28. The summed E-state index contributed by atoms with van der Waals surface area (Å²) in [5.41, 5.74) is 2.25. The molecule has 0 unspecified atom stereocenters. The molecule has 3 heterocycles. The van der Waals surface area contributed by atoms with E-state index in [0.29, 0.717) is 5.95 Å². The molecule has 0 bridgehead atoms. The number of ether oxygens (including phenoxy) is 1. The van der Waals surface area contributed by atoms with Crippen molar-refractivity contribution in [2.24, 2.45) is 0 Å². The number of furan rings is 1. The van der Waals surface area contributed by atoms with Gasteiger partial charge in [0, 0.05) is 0 Å². The zero-order valence-electron chi connectivity index (χ0n) is 16.9. The minimum absolute atomic E-state index is 0.0543. The minimum atomic E-state index is -0.395. The van der Waals surface area contributed by atoms with E-state index in [2.05, 4.69) is 32.8 Å². The number of carbonyl (C=O) groups excluding carboxylic acids is 1. The molecule has 156 valence electrons. The number of nitrogens with one attached hydrogen (secondary N) is 2.